The lowest BCUT2D eigenvalue weighted by Gasteiger charge is -2.20. The minimum atomic E-state index is -0.799. The van der Waals surface area contributed by atoms with Gasteiger partial charge in [-0.1, -0.05) is 31.5 Å². The molecule has 23 heavy (non-hydrogen) atoms. The fraction of sp³-hybridized carbons (Fsp3) is 0.529. The van der Waals surface area contributed by atoms with Gasteiger partial charge in [0.2, 0.25) is 0 Å². The molecule has 5 nitrogen and oxygen atoms in total. The predicted octanol–water partition coefficient (Wildman–Crippen LogP) is 4.51. The Morgan fingerprint density at radius 1 is 1.30 bits per heavy atom. The standard InChI is InChI=1S/C17H22ClNO4/c1-16(2,3)23-15(22)19-11-7-6-9(8-10(11)18)12-13(14(20)21)17(12,4)5/h6-8,12-13H,1-5H3,(H,19,22)(H,20,21)/t12-,13+/m1/s1. The molecule has 1 fully saturated rings. The molecule has 1 aromatic carbocycles. The molecule has 0 radical (unpaired) electrons. The van der Waals surface area contributed by atoms with Gasteiger partial charge in [0, 0.05) is 5.92 Å². The Hall–Kier alpha value is -1.75. The number of carboxylic acid groups (broad SMARTS) is 1. The first-order valence-electron chi connectivity index (χ1n) is 7.46. The van der Waals surface area contributed by atoms with Crippen LogP contribution in [0.4, 0.5) is 10.5 Å². The van der Waals surface area contributed by atoms with Crippen LogP contribution >= 0.6 is 11.6 Å². The van der Waals surface area contributed by atoms with Crippen molar-refractivity contribution in [2.24, 2.45) is 11.3 Å². The van der Waals surface area contributed by atoms with E-state index in [0.717, 1.165) is 5.56 Å². The average Bonchev–Trinajstić information content (AvgIpc) is 2.92. The summed E-state index contributed by atoms with van der Waals surface area (Å²) in [6, 6.07) is 5.19. The number of rotatable bonds is 3. The van der Waals surface area contributed by atoms with E-state index in [1.165, 1.54) is 0 Å². The molecule has 126 valence electrons. The molecule has 0 aliphatic heterocycles. The molecule has 0 bridgehead atoms. The maximum Gasteiger partial charge on any atom is 0.412 e. The summed E-state index contributed by atoms with van der Waals surface area (Å²) >= 11 is 6.22. The zero-order chi connectivity index (χ0) is 17.6. The van der Waals surface area contributed by atoms with Gasteiger partial charge in [-0.2, -0.15) is 0 Å². The van der Waals surface area contributed by atoms with Crippen molar-refractivity contribution in [1.82, 2.24) is 0 Å². The van der Waals surface area contributed by atoms with Gasteiger partial charge in [-0.05, 0) is 43.9 Å². The third kappa shape index (κ3) is 3.78. The lowest BCUT2D eigenvalue weighted by molar-refractivity contribution is -0.139. The van der Waals surface area contributed by atoms with Crippen molar-refractivity contribution in [3.05, 3.63) is 28.8 Å². The smallest absolute Gasteiger partial charge is 0.412 e. The molecule has 0 unspecified atom stereocenters. The molecule has 0 aromatic heterocycles. The number of halogens is 1. The van der Waals surface area contributed by atoms with Crippen LogP contribution in [-0.2, 0) is 9.53 Å². The van der Waals surface area contributed by atoms with E-state index >= 15 is 0 Å². The molecule has 2 rings (SSSR count). The number of carboxylic acids is 1. The van der Waals surface area contributed by atoms with Crippen LogP contribution in [0.2, 0.25) is 5.02 Å². The highest BCUT2D eigenvalue weighted by atomic mass is 35.5. The topological polar surface area (TPSA) is 75.6 Å². The van der Waals surface area contributed by atoms with Crippen molar-refractivity contribution in [2.75, 3.05) is 5.32 Å². The van der Waals surface area contributed by atoms with E-state index in [-0.39, 0.29) is 11.3 Å². The zero-order valence-corrected chi connectivity index (χ0v) is 14.7. The van der Waals surface area contributed by atoms with E-state index in [2.05, 4.69) is 5.32 Å². The van der Waals surface area contributed by atoms with Crippen LogP contribution in [0.25, 0.3) is 0 Å². The number of hydrogen-bond acceptors (Lipinski definition) is 3. The molecule has 6 heteroatoms. The van der Waals surface area contributed by atoms with Crippen molar-refractivity contribution in [1.29, 1.82) is 0 Å². The summed E-state index contributed by atoms with van der Waals surface area (Å²) in [5.74, 6) is -1.29. The summed E-state index contributed by atoms with van der Waals surface area (Å²) in [6.45, 7) is 9.18. The molecule has 1 aliphatic carbocycles. The van der Waals surface area contributed by atoms with E-state index in [0.29, 0.717) is 10.7 Å². The highest BCUT2D eigenvalue weighted by molar-refractivity contribution is 6.33. The summed E-state index contributed by atoms with van der Waals surface area (Å²) in [7, 11) is 0. The number of amides is 1. The first kappa shape index (κ1) is 17.6. The maximum atomic E-state index is 11.8. The number of anilines is 1. The Morgan fingerprint density at radius 3 is 2.35 bits per heavy atom. The van der Waals surface area contributed by atoms with Gasteiger partial charge in [-0.15, -0.1) is 0 Å². The molecule has 1 aliphatic rings. The number of carbonyl (C=O) groups is 2. The van der Waals surface area contributed by atoms with Gasteiger partial charge in [0.25, 0.3) is 0 Å². The second kappa shape index (κ2) is 5.71. The van der Waals surface area contributed by atoms with E-state index in [1.807, 2.05) is 13.8 Å². The van der Waals surface area contributed by atoms with Crippen molar-refractivity contribution >= 4 is 29.4 Å². The molecule has 0 spiro atoms. The fourth-order valence-corrected chi connectivity index (χ4v) is 3.20. The molecule has 1 saturated carbocycles. The van der Waals surface area contributed by atoms with Crippen LogP contribution in [0.1, 0.15) is 46.1 Å². The normalized spacial score (nSPS) is 22.3. The molecule has 0 saturated heterocycles. The number of ether oxygens (including phenoxy) is 1. The van der Waals surface area contributed by atoms with Gasteiger partial charge in [-0.25, -0.2) is 4.79 Å². The van der Waals surface area contributed by atoms with Crippen molar-refractivity contribution < 1.29 is 19.4 Å². The number of nitrogens with one attached hydrogen (secondary N) is 1. The van der Waals surface area contributed by atoms with Crippen molar-refractivity contribution in [3.63, 3.8) is 0 Å². The van der Waals surface area contributed by atoms with Crippen molar-refractivity contribution in [3.8, 4) is 0 Å². The van der Waals surface area contributed by atoms with Crippen LogP contribution in [0, 0.1) is 11.3 Å². The Labute approximate surface area is 141 Å². The fourth-order valence-electron chi connectivity index (χ4n) is 2.96. The summed E-state index contributed by atoms with van der Waals surface area (Å²) < 4.78 is 5.18. The van der Waals surface area contributed by atoms with E-state index in [1.54, 1.807) is 39.0 Å². The largest absolute Gasteiger partial charge is 0.481 e. The second-order valence-electron chi connectivity index (χ2n) is 7.48. The number of carbonyl (C=O) groups excluding carboxylic acids is 1. The van der Waals surface area contributed by atoms with Crippen LogP contribution in [0.5, 0.6) is 0 Å². The molecule has 2 N–H and O–H groups in total. The van der Waals surface area contributed by atoms with Gasteiger partial charge >= 0.3 is 12.1 Å². The number of benzene rings is 1. The lowest BCUT2D eigenvalue weighted by Crippen LogP contribution is -2.27. The van der Waals surface area contributed by atoms with E-state index in [9.17, 15) is 14.7 Å². The number of hydrogen-bond donors (Lipinski definition) is 2. The predicted molar refractivity (Wildman–Crippen MR) is 89.0 cm³/mol. The second-order valence-corrected chi connectivity index (χ2v) is 7.89. The minimum absolute atomic E-state index is 0.0759. The maximum absolute atomic E-state index is 11.8. The summed E-state index contributed by atoms with van der Waals surface area (Å²) in [5.41, 5.74) is 0.413. The third-order valence-corrected chi connectivity index (χ3v) is 4.39. The summed E-state index contributed by atoms with van der Waals surface area (Å²) in [4.78, 5) is 23.1. The Kier molecular flexibility index (Phi) is 4.37. The monoisotopic (exact) mass is 339 g/mol. The van der Waals surface area contributed by atoms with Gasteiger partial charge in [0.15, 0.2) is 0 Å². The van der Waals surface area contributed by atoms with Gasteiger partial charge in [-0.3, -0.25) is 10.1 Å². The molecule has 2 atom stereocenters. The van der Waals surface area contributed by atoms with Crippen LogP contribution in [0.15, 0.2) is 18.2 Å². The first-order chi connectivity index (χ1) is 10.4. The quantitative estimate of drug-likeness (QED) is 0.849. The third-order valence-electron chi connectivity index (χ3n) is 4.08. The molecule has 1 aromatic rings. The van der Waals surface area contributed by atoms with E-state index < -0.39 is 23.6 Å². The molecular weight excluding hydrogens is 318 g/mol. The zero-order valence-electron chi connectivity index (χ0n) is 13.9. The van der Waals surface area contributed by atoms with Crippen molar-refractivity contribution in [2.45, 2.75) is 46.1 Å². The Balaban J connectivity index is 2.14. The Morgan fingerprint density at radius 2 is 1.91 bits per heavy atom. The number of aliphatic carboxylic acids is 1. The highest BCUT2D eigenvalue weighted by Crippen LogP contribution is 2.64. The highest BCUT2D eigenvalue weighted by Gasteiger charge is 2.62. The molecule has 1 amide bonds. The van der Waals surface area contributed by atoms with E-state index in [4.69, 9.17) is 16.3 Å². The first-order valence-corrected chi connectivity index (χ1v) is 7.83. The summed E-state index contributed by atoms with van der Waals surface area (Å²) in [6.07, 6.45) is -0.581. The summed E-state index contributed by atoms with van der Waals surface area (Å²) in [5, 5.41) is 12.2. The average molecular weight is 340 g/mol. The Bertz CT molecular complexity index is 648. The van der Waals surface area contributed by atoms with Crippen LogP contribution < -0.4 is 5.32 Å². The van der Waals surface area contributed by atoms with Gasteiger partial charge in [0.1, 0.15) is 5.60 Å². The SMILES string of the molecule is CC(C)(C)OC(=O)Nc1ccc([C@@H]2[C@@H](C(=O)O)C2(C)C)cc1Cl. The van der Waals surface area contributed by atoms with Crippen LogP contribution in [-0.4, -0.2) is 22.8 Å². The van der Waals surface area contributed by atoms with Gasteiger partial charge in [0.05, 0.1) is 16.6 Å². The van der Waals surface area contributed by atoms with Crippen LogP contribution in [0.3, 0.4) is 0 Å². The van der Waals surface area contributed by atoms with Gasteiger partial charge < -0.3 is 9.84 Å². The molecule has 0 heterocycles. The lowest BCUT2D eigenvalue weighted by atomic mass is 10.0. The molecular formula is C17H22ClNO4. The minimum Gasteiger partial charge on any atom is -0.481 e.